The Labute approximate surface area is 109 Å². The van der Waals surface area contributed by atoms with Crippen molar-refractivity contribution in [2.24, 2.45) is 5.92 Å². The Kier molecular flexibility index (Phi) is 4.63. The van der Waals surface area contributed by atoms with E-state index in [4.69, 9.17) is 5.11 Å². The first kappa shape index (κ1) is 14.7. The molecule has 0 bridgehead atoms. The van der Waals surface area contributed by atoms with Crippen LogP contribution in [0.4, 0.5) is 0 Å². The smallest absolute Gasteiger partial charge is 0.306 e. The summed E-state index contributed by atoms with van der Waals surface area (Å²) < 4.78 is 0. The minimum Gasteiger partial charge on any atom is -0.508 e. The highest BCUT2D eigenvalue weighted by atomic mass is 16.4. The normalized spacial score (nSPS) is 11.8. The highest BCUT2D eigenvalue weighted by molar-refractivity contribution is 5.94. The topological polar surface area (TPSA) is 112 Å². The fourth-order valence-corrected chi connectivity index (χ4v) is 1.68. The zero-order valence-electron chi connectivity index (χ0n) is 10.3. The van der Waals surface area contributed by atoms with Gasteiger partial charge in [-0.1, -0.05) is 6.92 Å². The van der Waals surface area contributed by atoms with Crippen molar-refractivity contribution in [2.45, 2.75) is 19.8 Å². The second-order valence-electron chi connectivity index (χ2n) is 4.24. The fourth-order valence-electron chi connectivity index (χ4n) is 1.68. The Morgan fingerprint density at radius 3 is 2.42 bits per heavy atom. The van der Waals surface area contributed by atoms with E-state index in [0.29, 0.717) is 12.6 Å². The quantitative estimate of drug-likeness (QED) is 0.670. The molecule has 0 amide bonds. The molecule has 0 aromatic heterocycles. The van der Waals surface area contributed by atoms with Gasteiger partial charge in [0.25, 0.3) is 0 Å². The molecule has 0 fully saturated rings. The third-order valence-electron chi connectivity index (χ3n) is 2.95. The van der Waals surface area contributed by atoms with E-state index in [1.54, 1.807) is 0 Å². The predicted molar refractivity (Wildman–Crippen MR) is 65.7 cm³/mol. The number of benzene rings is 1. The number of aliphatic carboxylic acids is 1. The monoisotopic (exact) mass is 266 g/mol. The van der Waals surface area contributed by atoms with Crippen LogP contribution in [0.2, 0.25) is 0 Å². The number of carbonyl (C=O) groups excluding carboxylic acids is 2. The number of phenols is 2. The summed E-state index contributed by atoms with van der Waals surface area (Å²) in [5, 5.41) is 28.3. The van der Waals surface area contributed by atoms with Gasteiger partial charge in [0.05, 0.1) is 11.5 Å². The first-order chi connectivity index (χ1) is 8.92. The molecule has 0 spiro atoms. The first-order valence-electron chi connectivity index (χ1n) is 5.63. The molecule has 0 aliphatic heterocycles. The number of carbonyl (C=O) groups is 3. The highest BCUT2D eigenvalue weighted by Crippen LogP contribution is 2.33. The summed E-state index contributed by atoms with van der Waals surface area (Å²) >= 11 is 0. The van der Waals surface area contributed by atoms with Gasteiger partial charge in [-0.05, 0) is 18.9 Å². The van der Waals surface area contributed by atoms with Gasteiger partial charge < -0.3 is 15.3 Å². The van der Waals surface area contributed by atoms with Crippen LogP contribution in [0.15, 0.2) is 6.07 Å². The second-order valence-corrected chi connectivity index (χ2v) is 4.24. The van der Waals surface area contributed by atoms with E-state index in [1.165, 1.54) is 6.92 Å². The van der Waals surface area contributed by atoms with Crippen molar-refractivity contribution in [3.8, 4) is 11.5 Å². The molecule has 19 heavy (non-hydrogen) atoms. The molecule has 1 rings (SSSR count). The van der Waals surface area contributed by atoms with Crippen LogP contribution >= 0.6 is 0 Å². The van der Waals surface area contributed by atoms with Crippen LogP contribution in [0, 0.1) is 5.92 Å². The maximum atomic E-state index is 10.8. The Balaban J connectivity index is 3.11. The van der Waals surface area contributed by atoms with Crippen molar-refractivity contribution < 1.29 is 29.7 Å². The fraction of sp³-hybridized carbons (Fsp3) is 0.308. The summed E-state index contributed by atoms with van der Waals surface area (Å²) in [6, 6.07) is 1.08. The minimum absolute atomic E-state index is 0.0702. The molecule has 1 unspecified atom stereocenters. The van der Waals surface area contributed by atoms with E-state index in [-0.39, 0.29) is 35.3 Å². The number of rotatable bonds is 6. The van der Waals surface area contributed by atoms with Crippen LogP contribution in [0.1, 0.15) is 39.6 Å². The molecule has 0 aliphatic carbocycles. The molecule has 3 N–H and O–H groups in total. The Bertz CT molecular complexity index is 520. The average molecular weight is 266 g/mol. The SMILES string of the molecule is CC(CCc1c(O)cc(C=O)c(C=O)c1O)C(=O)O. The lowest BCUT2D eigenvalue weighted by Gasteiger charge is -2.12. The lowest BCUT2D eigenvalue weighted by atomic mass is 9.96. The minimum atomic E-state index is -0.987. The summed E-state index contributed by atoms with van der Waals surface area (Å²) in [5.41, 5.74) is -0.244. The first-order valence-corrected chi connectivity index (χ1v) is 5.63. The van der Waals surface area contributed by atoms with Gasteiger partial charge in [-0.25, -0.2) is 0 Å². The third kappa shape index (κ3) is 3.09. The van der Waals surface area contributed by atoms with Crippen molar-refractivity contribution in [3.63, 3.8) is 0 Å². The van der Waals surface area contributed by atoms with E-state index in [1.807, 2.05) is 0 Å². The molecule has 102 valence electrons. The summed E-state index contributed by atoms with van der Waals surface area (Å²) in [5.74, 6) is -2.44. The van der Waals surface area contributed by atoms with Gasteiger partial charge in [0.15, 0.2) is 12.6 Å². The summed E-state index contributed by atoms with van der Waals surface area (Å²) in [6.45, 7) is 1.50. The number of hydrogen-bond donors (Lipinski definition) is 3. The second kappa shape index (κ2) is 5.99. The molecule has 6 heteroatoms. The zero-order chi connectivity index (χ0) is 14.6. The average Bonchev–Trinajstić information content (AvgIpc) is 2.37. The lowest BCUT2D eigenvalue weighted by Crippen LogP contribution is -2.10. The molecular weight excluding hydrogens is 252 g/mol. The summed E-state index contributed by atoms with van der Waals surface area (Å²) in [6.07, 6.45) is 0.954. The van der Waals surface area contributed by atoms with Crippen LogP contribution in [-0.2, 0) is 11.2 Å². The van der Waals surface area contributed by atoms with Gasteiger partial charge in [0.2, 0.25) is 0 Å². The number of aldehydes is 2. The number of carboxylic acids is 1. The molecular formula is C13H14O6. The van der Waals surface area contributed by atoms with E-state index in [0.717, 1.165) is 6.07 Å². The van der Waals surface area contributed by atoms with Gasteiger partial charge in [-0.15, -0.1) is 0 Å². The molecule has 0 saturated carbocycles. The van der Waals surface area contributed by atoms with Crippen LogP contribution in [-0.4, -0.2) is 33.9 Å². The summed E-state index contributed by atoms with van der Waals surface area (Å²) in [4.78, 5) is 32.2. The van der Waals surface area contributed by atoms with Crippen molar-refractivity contribution >= 4 is 18.5 Å². The number of aromatic hydroxyl groups is 2. The van der Waals surface area contributed by atoms with Gasteiger partial charge in [-0.3, -0.25) is 14.4 Å². The van der Waals surface area contributed by atoms with E-state index in [9.17, 15) is 24.6 Å². The molecule has 6 nitrogen and oxygen atoms in total. The Morgan fingerprint density at radius 1 is 1.32 bits per heavy atom. The van der Waals surface area contributed by atoms with Crippen LogP contribution < -0.4 is 0 Å². The van der Waals surface area contributed by atoms with Gasteiger partial charge in [0.1, 0.15) is 11.5 Å². The third-order valence-corrected chi connectivity index (χ3v) is 2.95. The number of hydrogen-bond acceptors (Lipinski definition) is 5. The summed E-state index contributed by atoms with van der Waals surface area (Å²) in [7, 11) is 0. The standard InChI is InChI=1S/C13H14O6/c1-7(13(18)19)2-3-9-11(16)4-8(5-14)10(6-15)12(9)17/h4-7,16-17H,2-3H2,1H3,(H,18,19). The van der Waals surface area contributed by atoms with E-state index in [2.05, 4.69) is 0 Å². The maximum absolute atomic E-state index is 10.8. The van der Waals surface area contributed by atoms with Gasteiger partial charge >= 0.3 is 5.97 Å². The van der Waals surface area contributed by atoms with Crippen LogP contribution in [0.5, 0.6) is 11.5 Å². The number of carboxylic acid groups (broad SMARTS) is 1. The van der Waals surface area contributed by atoms with E-state index < -0.39 is 17.6 Å². The van der Waals surface area contributed by atoms with Gasteiger partial charge in [0, 0.05) is 11.1 Å². The lowest BCUT2D eigenvalue weighted by molar-refractivity contribution is -0.141. The maximum Gasteiger partial charge on any atom is 0.306 e. The molecule has 1 aromatic rings. The van der Waals surface area contributed by atoms with Crippen LogP contribution in [0.25, 0.3) is 0 Å². The van der Waals surface area contributed by atoms with Crippen molar-refractivity contribution in [1.82, 2.24) is 0 Å². The van der Waals surface area contributed by atoms with Crippen molar-refractivity contribution in [2.75, 3.05) is 0 Å². The molecule has 0 aliphatic rings. The molecule has 0 heterocycles. The zero-order valence-corrected chi connectivity index (χ0v) is 10.3. The van der Waals surface area contributed by atoms with Crippen LogP contribution in [0.3, 0.4) is 0 Å². The van der Waals surface area contributed by atoms with E-state index >= 15 is 0 Å². The predicted octanol–water partition coefficient (Wildman–Crippen LogP) is 1.38. The largest absolute Gasteiger partial charge is 0.508 e. The highest BCUT2D eigenvalue weighted by Gasteiger charge is 2.19. The molecule has 1 aromatic carbocycles. The molecule has 1 atom stereocenters. The van der Waals surface area contributed by atoms with Crippen molar-refractivity contribution in [3.05, 3.63) is 22.8 Å². The van der Waals surface area contributed by atoms with Crippen molar-refractivity contribution in [1.29, 1.82) is 0 Å². The molecule has 0 radical (unpaired) electrons. The Morgan fingerprint density at radius 2 is 1.95 bits per heavy atom. The Hall–Kier alpha value is -2.37. The molecule has 0 saturated heterocycles. The number of phenolic OH excluding ortho intramolecular Hbond substituents is 2. The van der Waals surface area contributed by atoms with Gasteiger partial charge in [-0.2, -0.15) is 0 Å².